The lowest BCUT2D eigenvalue weighted by atomic mass is 9.98. The maximum absolute atomic E-state index is 12.9. The molecule has 31 heavy (non-hydrogen) atoms. The lowest BCUT2D eigenvalue weighted by molar-refractivity contribution is -0.140. The molecule has 2 amide bonds. The fourth-order valence-electron chi connectivity index (χ4n) is 3.16. The number of hydrogen-bond acceptors (Lipinski definition) is 5. The Morgan fingerprint density at radius 2 is 1.74 bits per heavy atom. The third kappa shape index (κ3) is 6.15. The number of benzene rings is 2. The standard InChI is InChI=1S/C22H23Cl2N3O3S/c1-22(31-13-3-4-19(28)30-2)14-27(21(29)25-18-11-9-17(24)10-12-18)26-20(22)15-5-7-16(23)8-6-15/h5-12H,3-4,13-14H2,1-2H3,(H,25,29). The average Bonchev–Trinajstić information content (AvgIpc) is 3.11. The third-order valence-electron chi connectivity index (χ3n) is 4.79. The Bertz CT molecular complexity index is 967. The molecule has 2 aromatic rings. The summed E-state index contributed by atoms with van der Waals surface area (Å²) in [5.74, 6) is 0.498. The summed E-state index contributed by atoms with van der Waals surface area (Å²) in [5, 5.41) is 10.2. The molecular weight excluding hydrogens is 457 g/mol. The van der Waals surface area contributed by atoms with E-state index in [9.17, 15) is 9.59 Å². The van der Waals surface area contributed by atoms with Gasteiger partial charge in [0.25, 0.3) is 0 Å². The van der Waals surface area contributed by atoms with Crippen LogP contribution in [0.5, 0.6) is 0 Å². The van der Waals surface area contributed by atoms with Crippen LogP contribution in [0.4, 0.5) is 10.5 Å². The highest BCUT2D eigenvalue weighted by Crippen LogP contribution is 2.36. The Morgan fingerprint density at radius 3 is 2.35 bits per heavy atom. The van der Waals surface area contributed by atoms with Gasteiger partial charge in [0, 0.05) is 22.2 Å². The van der Waals surface area contributed by atoms with Gasteiger partial charge in [-0.1, -0.05) is 35.3 Å². The molecule has 1 atom stereocenters. The molecule has 6 nitrogen and oxygen atoms in total. The molecule has 0 aliphatic carbocycles. The van der Waals surface area contributed by atoms with Gasteiger partial charge in [-0.15, -0.1) is 11.8 Å². The SMILES string of the molecule is COC(=O)CCCSC1(C)CN(C(=O)Nc2ccc(Cl)cc2)N=C1c1ccc(Cl)cc1. The van der Waals surface area contributed by atoms with E-state index in [4.69, 9.17) is 27.9 Å². The largest absolute Gasteiger partial charge is 0.469 e. The van der Waals surface area contributed by atoms with Crippen molar-refractivity contribution in [3.63, 3.8) is 0 Å². The number of carbonyl (C=O) groups is 2. The Morgan fingerprint density at radius 1 is 1.13 bits per heavy atom. The summed E-state index contributed by atoms with van der Waals surface area (Å²) in [6, 6.07) is 14.0. The smallest absolute Gasteiger partial charge is 0.342 e. The molecule has 0 fully saturated rings. The Hall–Kier alpha value is -2.22. The number of hydrogen-bond donors (Lipinski definition) is 1. The summed E-state index contributed by atoms with van der Waals surface area (Å²) >= 11 is 13.6. The second-order valence-corrected chi connectivity index (χ2v) is 9.68. The van der Waals surface area contributed by atoms with E-state index in [-0.39, 0.29) is 12.0 Å². The molecule has 164 valence electrons. The molecule has 1 aliphatic rings. The fraction of sp³-hybridized carbons (Fsp3) is 0.318. The average molecular weight is 480 g/mol. The first-order chi connectivity index (χ1) is 14.8. The van der Waals surface area contributed by atoms with Crippen LogP contribution in [0.15, 0.2) is 53.6 Å². The first-order valence-electron chi connectivity index (χ1n) is 9.70. The molecule has 1 N–H and O–H groups in total. The van der Waals surface area contributed by atoms with Crippen LogP contribution in [-0.2, 0) is 9.53 Å². The van der Waals surface area contributed by atoms with E-state index in [1.54, 1.807) is 48.2 Å². The molecule has 1 heterocycles. The van der Waals surface area contributed by atoms with Crippen molar-refractivity contribution in [1.29, 1.82) is 0 Å². The molecule has 0 bridgehead atoms. The lowest BCUT2D eigenvalue weighted by Crippen LogP contribution is -2.38. The summed E-state index contributed by atoms with van der Waals surface area (Å²) in [5.41, 5.74) is 2.32. The quantitative estimate of drug-likeness (QED) is 0.408. The maximum atomic E-state index is 12.9. The van der Waals surface area contributed by atoms with Crippen molar-refractivity contribution in [2.75, 3.05) is 24.7 Å². The molecule has 0 spiro atoms. The number of carbonyl (C=O) groups excluding carboxylic acids is 2. The van der Waals surface area contributed by atoms with E-state index in [1.807, 2.05) is 12.1 Å². The Labute approximate surface area is 195 Å². The number of hydrazone groups is 1. The zero-order valence-corrected chi connectivity index (χ0v) is 19.6. The second-order valence-electron chi connectivity index (χ2n) is 7.21. The minimum atomic E-state index is -0.443. The maximum Gasteiger partial charge on any atom is 0.342 e. The Balaban J connectivity index is 1.76. The molecular formula is C22H23Cl2N3O3S. The predicted molar refractivity (Wildman–Crippen MR) is 127 cm³/mol. The second kappa shape index (κ2) is 10.4. The van der Waals surface area contributed by atoms with Gasteiger partial charge in [-0.2, -0.15) is 5.10 Å². The number of rotatable bonds is 7. The number of esters is 1. The van der Waals surface area contributed by atoms with E-state index in [0.717, 1.165) is 17.0 Å². The van der Waals surface area contributed by atoms with Crippen molar-refractivity contribution in [2.24, 2.45) is 5.10 Å². The number of ether oxygens (including phenoxy) is 1. The van der Waals surface area contributed by atoms with Gasteiger partial charge in [0.1, 0.15) is 0 Å². The number of halogens is 2. The summed E-state index contributed by atoms with van der Waals surface area (Å²) in [4.78, 5) is 24.3. The van der Waals surface area contributed by atoms with Gasteiger partial charge in [0.05, 0.1) is 24.1 Å². The highest BCUT2D eigenvalue weighted by Gasteiger charge is 2.41. The van der Waals surface area contributed by atoms with E-state index >= 15 is 0 Å². The number of nitrogens with zero attached hydrogens (tertiary/aromatic N) is 2. The van der Waals surface area contributed by atoms with Crippen molar-refractivity contribution in [2.45, 2.75) is 24.5 Å². The molecule has 1 aliphatic heterocycles. The monoisotopic (exact) mass is 479 g/mol. The van der Waals surface area contributed by atoms with Crippen LogP contribution in [0, 0.1) is 0 Å². The van der Waals surface area contributed by atoms with Crippen LogP contribution in [0.3, 0.4) is 0 Å². The van der Waals surface area contributed by atoms with Gasteiger partial charge in [-0.3, -0.25) is 4.79 Å². The van der Waals surface area contributed by atoms with E-state index in [1.165, 1.54) is 12.1 Å². The Kier molecular flexibility index (Phi) is 7.86. The molecule has 0 saturated heterocycles. The first kappa shape index (κ1) is 23.4. The highest BCUT2D eigenvalue weighted by molar-refractivity contribution is 8.01. The van der Waals surface area contributed by atoms with Crippen LogP contribution >= 0.6 is 35.0 Å². The minimum Gasteiger partial charge on any atom is -0.469 e. The summed E-state index contributed by atoms with van der Waals surface area (Å²) in [7, 11) is 1.39. The third-order valence-corrected chi connectivity index (χ3v) is 6.75. The molecule has 0 radical (unpaired) electrons. The normalized spacial score (nSPS) is 17.9. The van der Waals surface area contributed by atoms with Crippen LogP contribution in [0.1, 0.15) is 25.3 Å². The minimum absolute atomic E-state index is 0.229. The van der Waals surface area contributed by atoms with Crippen LogP contribution in [-0.4, -0.2) is 46.9 Å². The van der Waals surface area contributed by atoms with Gasteiger partial charge in [-0.25, -0.2) is 9.80 Å². The fourth-order valence-corrected chi connectivity index (χ4v) is 4.66. The first-order valence-corrected chi connectivity index (χ1v) is 11.4. The number of urea groups is 1. The molecule has 9 heteroatoms. The van der Waals surface area contributed by atoms with Crippen molar-refractivity contribution >= 4 is 58.4 Å². The zero-order valence-electron chi connectivity index (χ0n) is 17.2. The van der Waals surface area contributed by atoms with Crippen LogP contribution in [0.25, 0.3) is 0 Å². The number of amides is 2. The molecule has 0 aromatic heterocycles. The molecule has 0 saturated carbocycles. The predicted octanol–water partition coefficient (Wildman–Crippen LogP) is 5.69. The summed E-state index contributed by atoms with van der Waals surface area (Å²) in [6.07, 6.45) is 1.03. The molecule has 2 aromatic carbocycles. The number of anilines is 1. The summed E-state index contributed by atoms with van der Waals surface area (Å²) in [6.45, 7) is 2.45. The van der Waals surface area contributed by atoms with E-state index in [0.29, 0.717) is 35.1 Å². The van der Waals surface area contributed by atoms with Crippen molar-refractivity contribution < 1.29 is 14.3 Å². The highest BCUT2D eigenvalue weighted by atomic mass is 35.5. The van der Waals surface area contributed by atoms with Crippen LogP contribution in [0.2, 0.25) is 10.0 Å². The van der Waals surface area contributed by atoms with Crippen LogP contribution < -0.4 is 5.32 Å². The number of thioether (sulfide) groups is 1. The summed E-state index contributed by atoms with van der Waals surface area (Å²) < 4.78 is 4.26. The van der Waals surface area contributed by atoms with Gasteiger partial charge >= 0.3 is 12.0 Å². The molecule has 3 rings (SSSR count). The van der Waals surface area contributed by atoms with E-state index in [2.05, 4.69) is 17.3 Å². The lowest BCUT2D eigenvalue weighted by Gasteiger charge is -2.26. The van der Waals surface area contributed by atoms with Crippen molar-refractivity contribution in [3.8, 4) is 0 Å². The zero-order chi connectivity index (χ0) is 22.4. The van der Waals surface area contributed by atoms with Crippen molar-refractivity contribution in [1.82, 2.24) is 5.01 Å². The van der Waals surface area contributed by atoms with Gasteiger partial charge in [-0.05, 0) is 61.1 Å². The molecule has 1 unspecified atom stereocenters. The number of methoxy groups -OCH3 is 1. The van der Waals surface area contributed by atoms with Gasteiger partial charge < -0.3 is 10.1 Å². The number of nitrogens with one attached hydrogen (secondary N) is 1. The van der Waals surface area contributed by atoms with Crippen molar-refractivity contribution in [3.05, 3.63) is 64.1 Å². The van der Waals surface area contributed by atoms with Gasteiger partial charge in [0.2, 0.25) is 0 Å². The van der Waals surface area contributed by atoms with Gasteiger partial charge in [0.15, 0.2) is 0 Å². The van der Waals surface area contributed by atoms with E-state index < -0.39 is 4.75 Å². The topological polar surface area (TPSA) is 71.0 Å².